The zero-order valence-electron chi connectivity index (χ0n) is 9.83. The molecule has 1 aromatic carbocycles. The molecule has 3 rings (SSSR count). The van der Waals surface area contributed by atoms with Crippen LogP contribution in [0.3, 0.4) is 0 Å². The molecule has 0 spiro atoms. The maximum absolute atomic E-state index is 10.2. The smallest absolute Gasteiger partial charge is 0.0968 e. The standard InChI is InChI=1S/C13H12N2OS2/c1-8-13(17-7-14-8)10(16)6-12-15-9-4-2-3-5-11(9)18-12/h2-5,7,10,16H,6H2,1H3. The molecule has 0 aliphatic heterocycles. The SMILES string of the molecule is Cc1ncsc1C(O)Cc1nc2ccccc2s1. The molecule has 0 aliphatic rings. The molecular weight excluding hydrogens is 264 g/mol. The molecule has 0 amide bonds. The first-order chi connectivity index (χ1) is 8.74. The summed E-state index contributed by atoms with van der Waals surface area (Å²) in [7, 11) is 0. The number of hydrogen-bond acceptors (Lipinski definition) is 5. The second-order valence-corrected chi connectivity index (χ2v) is 6.10. The highest BCUT2D eigenvalue weighted by molar-refractivity contribution is 7.18. The Morgan fingerprint density at radius 1 is 1.33 bits per heavy atom. The van der Waals surface area contributed by atoms with Crippen LogP contribution in [0.4, 0.5) is 0 Å². The Labute approximate surface area is 113 Å². The molecule has 2 aromatic heterocycles. The molecule has 0 saturated carbocycles. The Hall–Kier alpha value is -1.30. The third kappa shape index (κ3) is 2.16. The van der Waals surface area contributed by atoms with Gasteiger partial charge in [0.05, 0.1) is 37.4 Å². The molecule has 1 N–H and O–H groups in total. The summed E-state index contributed by atoms with van der Waals surface area (Å²) in [5, 5.41) is 11.2. The zero-order chi connectivity index (χ0) is 12.5. The molecule has 1 atom stereocenters. The van der Waals surface area contributed by atoms with Gasteiger partial charge < -0.3 is 5.11 Å². The molecule has 2 heterocycles. The van der Waals surface area contributed by atoms with Crippen LogP contribution < -0.4 is 0 Å². The lowest BCUT2D eigenvalue weighted by Gasteiger charge is -2.06. The van der Waals surface area contributed by atoms with Gasteiger partial charge in [0.1, 0.15) is 0 Å². The third-order valence-corrected chi connectivity index (χ3v) is 4.88. The van der Waals surface area contributed by atoms with Gasteiger partial charge in [-0.05, 0) is 19.1 Å². The second kappa shape index (κ2) is 4.76. The van der Waals surface area contributed by atoms with E-state index in [1.165, 1.54) is 16.0 Å². The molecule has 0 radical (unpaired) electrons. The van der Waals surface area contributed by atoms with Gasteiger partial charge >= 0.3 is 0 Å². The first-order valence-corrected chi connectivity index (χ1v) is 7.36. The van der Waals surface area contributed by atoms with Crippen molar-refractivity contribution in [2.24, 2.45) is 0 Å². The molecule has 3 nitrogen and oxygen atoms in total. The number of aromatic nitrogens is 2. The quantitative estimate of drug-likeness (QED) is 0.798. The molecule has 0 saturated heterocycles. The fraction of sp³-hybridized carbons (Fsp3) is 0.231. The molecule has 0 bridgehead atoms. The van der Waals surface area contributed by atoms with Gasteiger partial charge in [0, 0.05) is 6.42 Å². The maximum Gasteiger partial charge on any atom is 0.0968 e. The van der Waals surface area contributed by atoms with Crippen LogP contribution in [0, 0.1) is 6.92 Å². The lowest BCUT2D eigenvalue weighted by atomic mass is 10.2. The van der Waals surface area contributed by atoms with Crippen LogP contribution in [-0.2, 0) is 6.42 Å². The van der Waals surface area contributed by atoms with Gasteiger partial charge in [-0.3, -0.25) is 0 Å². The number of thiazole rings is 2. The van der Waals surface area contributed by atoms with E-state index < -0.39 is 6.10 Å². The summed E-state index contributed by atoms with van der Waals surface area (Å²) in [4.78, 5) is 9.64. The monoisotopic (exact) mass is 276 g/mol. The van der Waals surface area contributed by atoms with Crippen molar-refractivity contribution in [3.05, 3.63) is 45.4 Å². The normalized spacial score (nSPS) is 13.0. The van der Waals surface area contributed by atoms with E-state index in [1.54, 1.807) is 16.8 Å². The van der Waals surface area contributed by atoms with Crippen molar-refractivity contribution >= 4 is 32.9 Å². The average Bonchev–Trinajstić information content (AvgIpc) is 2.94. The summed E-state index contributed by atoms with van der Waals surface area (Å²) >= 11 is 3.14. The molecule has 92 valence electrons. The molecular formula is C13H12N2OS2. The van der Waals surface area contributed by atoms with Crippen molar-refractivity contribution in [2.45, 2.75) is 19.4 Å². The summed E-state index contributed by atoms with van der Waals surface area (Å²) in [5.41, 5.74) is 3.69. The molecule has 1 unspecified atom stereocenters. The molecule has 0 fully saturated rings. The lowest BCUT2D eigenvalue weighted by Crippen LogP contribution is -2.01. The van der Waals surface area contributed by atoms with Crippen LogP contribution in [0.25, 0.3) is 10.2 Å². The number of rotatable bonds is 3. The number of aryl methyl sites for hydroxylation is 1. The molecule has 3 aromatic rings. The van der Waals surface area contributed by atoms with Crippen LogP contribution >= 0.6 is 22.7 Å². The number of benzene rings is 1. The fourth-order valence-corrected chi connectivity index (χ4v) is 3.69. The Bertz CT molecular complexity index is 641. The van der Waals surface area contributed by atoms with E-state index >= 15 is 0 Å². The highest BCUT2D eigenvalue weighted by atomic mass is 32.1. The van der Waals surface area contributed by atoms with Crippen molar-refractivity contribution in [1.29, 1.82) is 0 Å². The van der Waals surface area contributed by atoms with Gasteiger partial charge in [-0.15, -0.1) is 22.7 Å². The van der Waals surface area contributed by atoms with Gasteiger partial charge in [-0.25, -0.2) is 9.97 Å². The highest BCUT2D eigenvalue weighted by Gasteiger charge is 2.15. The lowest BCUT2D eigenvalue weighted by molar-refractivity contribution is 0.181. The average molecular weight is 276 g/mol. The van der Waals surface area contributed by atoms with Crippen molar-refractivity contribution < 1.29 is 5.11 Å². The van der Waals surface area contributed by atoms with Gasteiger partial charge in [0.25, 0.3) is 0 Å². The Morgan fingerprint density at radius 2 is 2.17 bits per heavy atom. The topological polar surface area (TPSA) is 46.0 Å². The van der Waals surface area contributed by atoms with Crippen LogP contribution in [-0.4, -0.2) is 15.1 Å². The van der Waals surface area contributed by atoms with Gasteiger partial charge in [-0.2, -0.15) is 0 Å². The number of hydrogen-bond donors (Lipinski definition) is 1. The first kappa shape index (κ1) is 11.8. The Balaban J connectivity index is 1.86. The molecule has 0 aliphatic carbocycles. The highest BCUT2D eigenvalue weighted by Crippen LogP contribution is 2.28. The van der Waals surface area contributed by atoms with Crippen molar-refractivity contribution in [3.8, 4) is 0 Å². The fourth-order valence-electron chi connectivity index (χ4n) is 1.90. The number of fused-ring (bicyclic) bond motifs is 1. The van der Waals surface area contributed by atoms with E-state index in [-0.39, 0.29) is 0 Å². The third-order valence-electron chi connectivity index (χ3n) is 2.79. The minimum atomic E-state index is -0.502. The van der Waals surface area contributed by atoms with E-state index in [2.05, 4.69) is 16.0 Å². The summed E-state index contributed by atoms with van der Waals surface area (Å²) in [6.07, 6.45) is 0.0561. The minimum absolute atomic E-state index is 0.502. The van der Waals surface area contributed by atoms with Crippen molar-refractivity contribution in [2.75, 3.05) is 0 Å². The van der Waals surface area contributed by atoms with Crippen LogP contribution in [0.15, 0.2) is 29.8 Å². The second-order valence-electron chi connectivity index (χ2n) is 4.10. The Morgan fingerprint density at radius 3 is 2.89 bits per heavy atom. The predicted molar refractivity (Wildman–Crippen MR) is 75.1 cm³/mol. The summed E-state index contributed by atoms with van der Waals surface area (Å²) in [6.45, 7) is 1.92. The predicted octanol–water partition coefficient (Wildman–Crippen LogP) is 3.34. The zero-order valence-corrected chi connectivity index (χ0v) is 11.5. The van der Waals surface area contributed by atoms with E-state index in [0.717, 1.165) is 21.1 Å². The number of aliphatic hydroxyl groups excluding tert-OH is 1. The van der Waals surface area contributed by atoms with E-state index in [4.69, 9.17) is 0 Å². The number of nitrogens with zero attached hydrogens (tertiary/aromatic N) is 2. The van der Waals surface area contributed by atoms with Crippen LogP contribution in [0.5, 0.6) is 0 Å². The van der Waals surface area contributed by atoms with E-state index in [0.29, 0.717) is 6.42 Å². The summed E-state index contributed by atoms with van der Waals surface area (Å²) in [5.74, 6) is 0. The molecule has 5 heteroatoms. The first-order valence-electron chi connectivity index (χ1n) is 5.66. The van der Waals surface area contributed by atoms with Crippen molar-refractivity contribution in [1.82, 2.24) is 9.97 Å². The van der Waals surface area contributed by atoms with Crippen LogP contribution in [0.1, 0.15) is 21.7 Å². The minimum Gasteiger partial charge on any atom is -0.387 e. The molecule has 18 heavy (non-hydrogen) atoms. The van der Waals surface area contributed by atoms with Gasteiger partial charge in [-0.1, -0.05) is 12.1 Å². The maximum atomic E-state index is 10.2. The van der Waals surface area contributed by atoms with Gasteiger partial charge in [0.15, 0.2) is 0 Å². The summed E-state index contributed by atoms with van der Waals surface area (Å²) in [6, 6.07) is 8.05. The van der Waals surface area contributed by atoms with Crippen LogP contribution in [0.2, 0.25) is 0 Å². The summed E-state index contributed by atoms with van der Waals surface area (Å²) < 4.78 is 1.17. The number of para-hydroxylation sites is 1. The number of aliphatic hydroxyl groups is 1. The van der Waals surface area contributed by atoms with E-state index in [1.807, 2.05) is 25.1 Å². The van der Waals surface area contributed by atoms with E-state index in [9.17, 15) is 5.11 Å². The van der Waals surface area contributed by atoms with Gasteiger partial charge in [0.2, 0.25) is 0 Å². The Kier molecular flexibility index (Phi) is 3.11. The van der Waals surface area contributed by atoms with Crippen molar-refractivity contribution in [3.63, 3.8) is 0 Å². The largest absolute Gasteiger partial charge is 0.387 e.